The van der Waals surface area contributed by atoms with Crippen LogP contribution in [0.3, 0.4) is 0 Å². The van der Waals surface area contributed by atoms with Gasteiger partial charge >= 0.3 is 0 Å². The molecular weight excluding hydrogens is 136 g/mol. The molecule has 0 heterocycles. The third-order valence-electron chi connectivity index (χ3n) is 1.35. The van der Waals surface area contributed by atoms with E-state index in [9.17, 15) is 0 Å². The van der Waals surface area contributed by atoms with Gasteiger partial charge in [0.2, 0.25) is 0 Å². The number of hydrogen-bond donors (Lipinski definition) is 0. The Morgan fingerprint density at radius 3 is 2.45 bits per heavy atom. The Morgan fingerprint density at radius 2 is 2.09 bits per heavy atom. The van der Waals surface area contributed by atoms with Crippen molar-refractivity contribution in [1.29, 1.82) is 0 Å². The molecule has 0 aromatic carbocycles. The largest absolute Gasteiger partial charge is 0.360 e. The molecule has 2 nitrogen and oxygen atoms in total. The molecule has 0 saturated carbocycles. The quantitative estimate of drug-likeness (QED) is 0.563. The maximum Gasteiger partial charge on any atom is 0.120 e. The van der Waals surface area contributed by atoms with Crippen LogP contribution in [0.5, 0.6) is 0 Å². The van der Waals surface area contributed by atoms with Gasteiger partial charge in [0, 0.05) is 19.8 Å². The van der Waals surface area contributed by atoms with Gasteiger partial charge in [-0.1, -0.05) is 13.2 Å². The highest BCUT2D eigenvalue weighted by molar-refractivity contribution is 5.77. The number of nitrogens with zero attached hydrogens (tertiary/aromatic N) is 2. The fraction of sp³-hybridized carbons (Fsp3) is 0.444. The number of rotatable bonds is 4. The van der Waals surface area contributed by atoms with Crippen molar-refractivity contribution in [2.45, 2.75) is 13.8 Å². The molecule has 0 aliphatic carbocycles. The van der Waals surface area contributed by atoms with Gasteiger partial charge in [0.05, 0.1) is 0 Å². The summed E-state index contributed by atoms with van der Waals surface area (Å²) in [6.45, 7) is 12.4. The molecule has 0 aliphatic heterocycles. The molecule has 0 radical (unpaired) electrons. The van der Waals surface area contributed by atoms with Crippen LogP contribution in [0.15, 0.2) is 29.5 Å². The van der Waals surface area contributed by atoms with Crippen molar-refractivity contribution in [3.05, 3.63) is 24.6 Å². The first-order valence-electron chi connectivity index (χ1n) is 3.67. The summed E-state index contributed by atoms with van der Waals surface area (Å²) < 4.78 is 0. The summed E-state index contributed by atoms with van der Waals surface area (Å²) in [7, 11) is 1.96. The van der Waals surface area contributed by atoms with Crippen LogP contribution in [0, 0.1) is 0 Å². The minimum absolute atomic E-state index is 0.774. The minimum atomic E-state index is 0.774. The van der Waals surface area contributed by atoms with Crippen LogP contribution in [0.25, 0.3) is 0 Å². The smallest absolute Gasteiger partial charge is 0.120 e. The Balaban J connectivity index is 3.96. The van der Waals surface area contributed by atoms with Gasteiger partial charge in [0.1, 0.15) is 5.82 Å². The van der Waals surface area contributed by atoms with Crippen LogP contribution in [0.1, 0.15) is 13.8 Å². The molecule has 0 rings (SSSR count). The molecule has 11 heavy (non-hydrogen) atoms. The Hall–Kier alpha value is -1.05. The van der Waals surface area contributed by atoms with Crippen molar-refractivity contribution in [1.82, 2.24) is 4.90 Å². The summed E-state index contributed by atoms with van der Waals surface area (Å²) in [6.07, 6.45) is 1.72. The molecule has 62 valence electrons. The average Bonchev–Trinajstić information content (AvgIpc) is 1.98. The van der Waals surface area contributed by atoms with E-state index in [4.69, 9.17) is 0 Å². The predicted octanol–water partition coefficient (Wildman–Crippen LogP) is 2.06. The third-order valence-corrected chi connectivity index (χ3v) is 1.35. The van der Waals surface area contributed by atoms with Crippen LogP contribution >= 0.6 is 0 Å². The van der Waals surface area contributed by atoms with Gasteiger partial charge in [0.25, 0.3) is 0 Å². The Bertz CT molecular complexity index is 180. The SMILES string of the molecule is C=C(C)/C=N\C(=C)N(C)CC. The second-order valence-corrected chi connectivity index (χ2v) is 2.53. The molecule has 0 unspecified atom stereocenters. The van der Waals surface area contributed by atoms with Crippen molar-refractivity contribution in [2.75, 3.05) is 13.6 Å². The molecule has 2 heteroatoms. The van der Waals surface area contributed by atoms with Crippen molar-refractivity contribution < 1.29 is 0 Å². The van der Waals surface area contributed by atoms with E-state index in [1.807, 2.05) is 18.9 Å². The van der Waals surface area contributed by atoms with E-state index in [0.717, 1.165) is 17.9 Å². The molecule has 0 bridgehead atoms. The molecule has 0 saturated heterocycles. The van der Waals surface area contributed by atoms with E-state index in [1.165, 1.54) is 0 Å². The predicted molar refractivity (Wildman–Crippen MR) is 50.8 cm³/mol. The van der Waals surface area contributed by atoms with Crippen LogP contribution < -0.4 is 0 Å². The molecular formula is C9H16N2. The first-order valence-corrected chi connectivity index (χ1v) is 3.67. The molecule has 0 fully saturated rings. The highest BCUT2D eigenvalue weighted by atomic mass is 15.2. The maximum atomic E-state index is 4.10. The van der Waals surface area contributed by atoms with Gasteiger partial charge in [-0.2, -0.15) is 0 Å². The summed E-state index contributed by atoms with van der Waals surface area (Å²) in [6, 6.07) is 0. The molecule has 0 atom stereocenters. The lowest BCUT2D eigenvalue weighted by atomic mass is 10.4. The normalized spacial score (nSPS) is 10.1. The summed E-state index contributed by atoms with van der Waals surface area (Å²) in [5.41, 5.74) is 0.940. The number of hydrogen-bond acceptors (Lipinski definition) is 2. The summed E-state index contributed by atoms with van der Waals surface area (Å²) in [4.78, 5) is 6.07. The van der Waals surface area contributed by atoms with Crippen molar-refractivity contribution in [3.63, 3.8) is 0 Å². The lowest BCUT2D eigenvalue weighted by molar-refractivity contribution is 0.440. The van der Waals surface area contributed by atoms with Gasteiger partial charge in [-0.3, -0.25) is 0 Å². The molecule has 0 N–H and O–H groups in total. The Morgan fingerprint density at radius 1 is 1.55 bits per heavy atom. The van der Waals surface area contributed by atoms with Gasteiger partial charge < -0.3 is 4.90 Å². The van der Waals surface area contributed by atoms with Gasteiger partial charge in [0.15, 0.2) is 0 Å². The van der Waals surface area contributed by atoms with Crippen molar-refractivity contribution in [2.24, 2.45) is 4.99 Å². The second kappa shape index (κ2) is 4.72. The third kappa shape index (κ3) is 4.37. The van der Waals surface area contributed by atoms with E-state index >= 15 is 0 Å². The monoisotopic (exact) mass is 152 g/mol. The summed E-state index contributed by atoms with van der Waals surface area (Å²) in [5, 5.41) is 0. The summed E-state index contributed by atoms with van der Waals surface area (Å²) in [5.74, 6) is 0.774. The standard InChI is InChI=1S/C9H16N2/c1-6-11(5)9(4)10-7-8(2)3/h7H,2,4,6H2,1,3,5H3/b10-7-. The average molecular weight is 152 g/mol. The molecule has 0 aromatic heterocycles. The number of allylic oxidation sites excluding steroid dienone is 1. The topological polar surface area (TPSA) is 15.6 Å². The fourth-order valence-electron chi connectivity index (χ4n) is 0.466. The van der Waals surface area contributed by atoms with E-state index in [1.54, 1.807) is 6.21 Å². The van der Waals surface area contributed by atoms with E-state index in [2.05, 4.69) is 25.1 Å². The highest BCUT2D eigenvalue weighted by Gasteiger charge is 1.93. The van der Waals surface area contributed by atoms with Crippen LogP contribution in [0.4, 0.5) is 0 Å². The lowest BCUT2D eigenvalue weighted by Crippen LogP contribution is -2.14. The van der Waals surface area contributed by atoms with Gasteiger partial charge in [-0.25, -0.2) is 4.99 Å². The van der Waals surface area contributed by atoms with Crippen LogP contribution in [-0.4, -0.2) is 24.7 Å². The number of aliphatic imine (C=N–C) groups is 1. The minimum Gasteiger partial charge on any atom is -0.360 e. The second-order valence-electron chi connectivity index (χ2n) is 2.53. The van der Waals surface area contributed by atoms with E-state index < -0.39 is 0 Å². The molecule has 0 amide bonds. The molecule has 0 aliphatic rings. The first-order chi connectivity index (χ1) is 5.07. The fourth-order valence-corrected chi connectivity index (χ4v) is 0.466. The Labute approximate surface area is 68.9 Å². The van der Waals surface area contributed by atoms with E-state index in [-0.39, 0.29) is 0 Å². The highest BCUT2D eigenvalue weighted by Crippen LogP contribution is 1.98. The molecule has 0 spiro atoms. The molecule has 0 aromatic rings. The summed E-state index contributed by atoms with van der Waals surface area (Å²) >= 11 is 0. The van der Waals surface area contributed by atoms with Gasteiger partial charge in [-0.05, 0) is 19.4 Å². The zero-order valence-corrected chi connectivity index (χ0v) is 7.59. The zero-order chi connectivity index (χ0) is 8.85. The maximum absolute atomic E-state index is 4.10. The van der Waals surface area contributed by atoms with Crippen molar-refractivity contribution in [3.8, 4) is 0 Å². The van der Waals surface area contributed by atoms with Gasteiger partial charge in [-0.15, -0.1) is 0 Å². The Kier molecular flexibility index (Phi) is 4.27. The van der Waals surface area contributed by atoms with Crippen molar-refractivity contribution >= 4 is 6.21 Å². The van der Waals surface area contributed by atoms with Crippen LogP contribution in [0.2, 0.25) is 0 Å². The zero-order valence-electron chi connectivity index (χ0n) is 7.59. The first kappa shape index (κ1) is 9.95. The van der Waals surface area contributed by atoms with Crippen LogP contribution in [-0.2, 0) is 0 Å². The lowest BCUT2D eigenvalue weighted by Gasteiger charge is -2.14. The van der Waals surface area contributed by atoms with E-state index in [0.29, 0.717) is 0 Å².